The van der Waals surface area contributed by atoms with E-state index in [0.717, 1.165) is 18.8 Å². The van der Waals surface area contributed by atoms with E-state index in [1.54, 1.807) is 7.11 Å². The number of hydrogen-bond donors (Lipinski definition) is 1. The summed E-state index contributed by atoms with van der Waals surface area (Å²) in [7, 11) is 1.72. The first kappa shape index (κ1) is 15.5. The minimum atomic E-state index is 0.185. The topological polar surface area (TPSA) is 30.5 Å². The molecule has 0 bridgehead atoms. The molecule has 4 rings (SSSR count). The fraction of sp³-hybridized carbons (Fsp3) is 0.429. The minimum absolute atomic E-state index is 0.185. The third-order valence-electron chi connectivity index (χ3n) is 5.37. The highest BCUT2D eigenvalue weighted by Gasteiger charge is 2.40. The maximum absolute atomic E-state index is 6.26. The Kier molecular flexibility index (Phi) is 3.97. The smallest absolute Gasteiger partial charge is 0.119 e. The lowest BCUT2D eigenvalue weighted by Crippen LogP contribution is -2.36. The number of anilines is 1. The molecule has 1 N–H and O–H groups in total. The van der Waals surface area contributed by atoms with E-state index in [4.69, 9.17) is 9.47 Å². The molecule has 0 saturated carbocycles. The van der Waals surface area contributed by atoms with Crippen molar-refractivity contribution < 1.29 is 9.47 Å². The van der Waals surface area contributed by atoms with Gasteiger partial charge < -0.3 is 14.8 Å². The van der Waals surface area contributed by atoms with E-state index in [1.165, 1.54) is 34.4 Å². The zero-order chi connectivity index (χ0) is 16.7. The van der Waals surface area contributed by atoms with Crippen molar-refractivity contribution >= 4 is 5.69 Å². The van der Waals surface area contributed by atoms with Crippen molar-refractivity contribution in [2.24, 2.45) is 5.92 Å². The van der Waals surface area contributed by atoms with Crippen LogP contribution in [-0.2, 0) is 4.74 Å². The molecule has 1 fully saturated rings. The van der Waals surface area contributed by atoms with Gasteiger partial charge in [0.05, 0.1) is 19.3 Å². The van der Waals surface area contributed by atoms with Crippen LogP contribution in [-0.4, -0.2) is 13.7 Å². The summed E-state index contributed by atoms with van der Waals surface area (Å²) in [6.45, 7) is 5.21. The zero-order valence-corrected chi connectivity index (χ0v) is 14.6. The van der Waals surface area contributed by atoms with E-state index in [-0.39, 0.29) is 12.1 Å². The summed E-state index contributed by atoms with van der Waals surface area (Å²) in [5.41, 5.74) is 6.46. The predicted molar refractivity (Wildman–Crippen MR) is 96.7 cm³/mol. The second kappa shape index (κ2) is 6.14. The van der Waals surface area contributed by atoms with E-state index in [1.807, 2.05) is 6.07 Å². The number of benzene rings is 2. The highest BCUT2D eigenvalue weighted by atomic mass is 16.5. The lowest BCUT2D eigenvalue weighted by Gasteiger charge is -2.44. The first-order valence-electron chi connectivity index (χ1n) is 8.80. The molecule has 2 aromatic carbocycles. The molecule has 1 saturated heterocycles. The second-order valence-electron chi connectivity index (χ2n) is 7.04. The van der Waals surface area contributed by atoms with Gasteiger partial charge in [-0.25, -0.2) is 0 Å². The molecule has 3 heteroatoms. The van der Waals surface area contributed by atoms with Crippen LogP contribution in [0.4, 0.5) is 5.69 Å². The van der Waals surface area contributed by atoms with Gasteiger partial charge in [-0.1, -0.05) is 29.8 Å². The largest absolute Gasteiger partial charge is 0.497 e. The quantitative estimate of drug-likeness (QED) is 0.848. The summed E-state index contributed by atoms with van der Waals surface area (Å²) in [4.78, 5) is 0. The summed E-state index contributed by atoms with van der Waals surface area (Å²) in [5.74, 6) is 1.37. The first-order chi connectivity index (χ1) is 11.7. The summed E-state index contributed by atoms with van der Waals surface area (Å²) < 4.78 is 11.7. The normalized spacial score (nSPS) is 25.4. The van der Waals surface area contributed by atoms with Crippen LogP contribution in [0.3, 0.4) is 0 Å². The van der Waals surface area contributed by atoms with Crippen LogP contribution in [0.1, 0.15) is 47.2 Å². The second-order valence-corrected chi connectivity index (χ2v) is 7.04. The molecule has 0 aromatic heterocycles. The highest BCUT2D eigenvalue weighted by molar-refractivity contribution is 5.63. The molecule has 2 heterocycles. The fourth-order valence-electron chi connectivity index (χ4n) is 4.32. The molecule has 2 aliphatic rings. The van der Waals surface area contributed by atoms with Gasteiger partial charge in [0, 0.05) is 23.8 Å². The van der Waals surface area contributed by atoms with E-state index < -0.39 is 0 Å². The molecule has 2 aromatic rings. The lowest BCUT2D eigenvalue weighted by molar-refractivity contribution is -0.0382. The molecule has 3 atom stereocenters. The van der Waals surface area contributed by atoms with Crippen LogP contribution in [0.2, 0.25) is 0 Å². The van der Waals surface area contributed by atoms with Gasteiger partial charge in [0.1, 0.15) is 5.75 Å². The highest BCUT2D eigenvalue weighted by Crippen LogP contribution is 2.50. The van der Waals surface area contributed by atoms with Crippen molar-refractivity contribution in [3.63, 3.8) is 0 Å². The standard InChI is InChI=1S/C21H25NO2/c1-13-10-14(2)19-18(11-13)21-17(8-5-9-24-21)20(22-19)15-6-4-7-16(12-15)23-3/h4,6-7,10-12,17,20-22H,5,8-9H2,1-3H3/t17-,20-,21+/m0/s1. The van der Waals surface area contributed by atoms with Gasteiger partial charge >= 0.3 is 0 Å². The summed E-state index contributed by atoms with van der Waals surface area (Å²) in [6.07, 6.45) is 2.50. The molecule has 2 aliphatic heterocycles. The molecule has 24 heavy (non-hydrogen) atoms. The van der Waals surface area contributed by atoms with E-state index in [0.29, 0.717) is 5.92 Å². The SMILES string of the molecule is COc1cccc([C@@H]2Nc3c(C)cc(C)cc3[C@@H]3OCCC[C@@H]23)c1. The van der Waals surface area contributed by atoms with Crippen molar-refractivity contribution in [2.45, 2.75) is 38.8 Å². The van der Waals surface area contributed by atoms with Gasteiger partial charge in [-0.05, 0) is 49.9 Å². The van der Waals surface area contributed by atoms with Crippen molar-refractivity contribution in [1.82, 2.24) is 0 Å². The molecule has 0 spiro atoms. The monoisotopic (exact) mass is 323 g/mol. The Hall–Kier alpha value is -2.00. The van der Waals surface area contributed by atoms with Crippen molar-refractivity contribution in [3.8, 4) is 5.75 Å². The number of ether oxygens (including phenoxy) is 2. The number of fused-ring (bicyclic) bond motifs is 3. The Labute approximate surface area is 144 Å². The molecule has 0 aliphatic carbocycles. The van der Waals surface area contributed by atoms with Crippen LogP contribution in [0.5, 0.6) is 5.75 Å². The Morgan fingerprint density at radius 3 is 2.88 bits per heavy atom. The third-order valence-corrected chi connectivity index (χ3v) is 5.37. The van der Waals surface area contributed by atoms with Gasteiger partial charge in [-0.3, -0.25) is 0 Å². The van der Waals surface area contributed by atoms with Gasteiger partial charge in [-0.15, -0.1) is 0 Å². The molecule has 0 amide bonds. The van der Waals surface area contributed by atoms with E-state index in [2.05, 4.69) is 49.5 Å². The van der Waals surface area contributed by atoms with E-state index >= 15 is 0 Å². The Balaban J connectivity index is 1.80. The number of aryl methyl sites for hydroxylation is 2. The van der Waals surface area contributed by atoms with Gasteiger partial charge in [0.25, 0.3) is 0 Å². The molecule has 3 nitrogen and oxygen atoms in total. The molecule has 126 valence electrons. The van der Waals surface area contributed by atoms with E-state index in [9.17, 15) is 0 Å². The number of hydrogen-bond acceptors (Lipinski definition) is 3. The first-order valence-corrected chi connectivity index (χ1v) is 8.80. The number of rotatable bonds is 2. The Bertz CT molecular complexity index is 755. The van der Waals surface area contributed by atoms with Crippen LogP contribution in [0.25, 0.3) is 0 Å². The summed E-state index contributed by atoms with van der Waals surface area (Å²) in [6, 6.07) is 13.2. The van der Waals surface area contributed by atoms with Crippen LogP contribution in [0.15, 0.2) is 36.4 Å². The van der Waals surface area contributed by atoms with Crippen LogP contribution in [0, 0.1) is 19.8 Å². The van der Waals surface area contributed by atoms with Gasteiger partial charge in [0.15, 0.2) is 0 Å². The predicted octanol–water partition coefficient (Wildman–Crippen LogP) is 4.95. The van der Waals surface area contributed by atoms with Crippen molar-refractivity contribution in [3.05, 3.63) is 58.7 Å². The van der Waals surface area contributed by atoms with Crippen LogP contribution >= 0.6 is 0 Å². The zero-order valence-electron chi connectivity index (χ0n) is 14.6. The molecular weight excluding hydrogens is 298 g/mol. The average Bonchev–Trinajstić information content (AvgIpc) is 2.61. The maximum Gasteiger partial charge on any atom is 0.119 e. The number of methoxy groups -OCH3 is 1. The van der Waals surface area contributed by atoms with Gasteiger partial charge in [0.2, 0.25) is 0 Å². The minimum Gasteiger partial charge on any atom is -0.497 e. The third kappa shape index (κ3) is 2.57. The molecule has 0 radical (unpaired) electrons. The van der Waals surface area contributed by atoms with Crippen molar-refractivity contribution in [1.29, 1.82) is 0 Å². The Morgan fingerprint density at radius 2 is 2.04 bits per heavy atom. The number of nitrogens with one attached hydrogen (secondary N) is 1. The fourth-order valence-corrected chi connectivity index (χ4v) is 4.32. The lowest BCUT2D eigenvalue weighted by atomic mass is 9.76. The molecular formula is C21H25NO2. The van der Waals surface area contributed by atoms with Crippen LogP contribution < -0.4 is 10.1 Å². The summed E-state index contributed by atoms with van der Waals surface area (Å²) in [5, 5.41) is 3.82. The average molecular weight is 323 g/mol. The van der Waals surface area contributed by atoms with Gasteiger partial charge in [-0.2, -0.15) is 0 Å². The maximum atomic E-state index is 6.26. The molecule has 0 unspecified atom stereocenters. The van der Waals surface area contributed by atoms with Crippen molar-refractivity contribution in [2.75, 3.05) is 19.0 Å². The Morgan fingerprint density at radius 1 is 1.17 bits per heavy atom. The summed E-state index contributed by atoms with van der Waals surface area (Å²) >= 11 is 0.